The number of carbonyl (C=O) groups excluding carboxylic acids is 2. The number of furan rings is 1. The van der Waals surface area contributed by atoms with E-state index in [1.165, 1.54) is 23.8 Å². The largest absolute Gasteiger partial charge is 0.493 e. The molecule has 1 N–H and O–H groups in total. The van der Waals surface area contributed by atoms with Gasteiger partial charge in [0, 0.05) is 5.69 Å². The van der Waals surface area contributed by atoms with Crippen LogP contribution in [-0.2, 0) is 16.1 Å². The number of hydrogen-bond donors (Lipinski definition) is 1. The van der Waals surface area contributed by atoms with Gasteiger partial charge in [0.15, 0.2) is 18.1 Å². The second-order valence-electron chi connectivity index (χ2n) is 7.58. The van der Waals surface area contributed by atoms with Crippen molar-refractivity contribution in [1.82, 2.24) is 4.90 Å². The smallest absolute Gasteiger partial charge is 0.266 e. The summed E-state index contributed by atoms with van der Waals surface area (Å²) in [4.78, 5) is 27.2. The number of thiocarbonyl (C=S) groups is 1. The molecule has 1 aliphatic heterocycles. The summed E-state index contributed by atoms with van der Waals surface area (Å²) >= 11 is 10.1. The Morgan fingerprint density at radius 2 is 2.03 bits per heavy atom. The molecule has 0 unspecified atom stereocenters. The normalized spacial score (nSPS) is 14.5. The fraction of sp³-hybridized carbons (Fsp3) is 0.160. The summed E-state index contributed by atoms with van der Waals surface area (Å²) < 4.78 is 17.6. The summed E-state index contributed by atoms with van der Waals surface area (Å²) in [7, 11) is 1.51. The number of benzene rings is 2. The van der Waals surface area contributed by atoms with Gasteiger partial charge < -0.3 is 19.2 Å². The number of halogens is 1. The van der Waals surface area contributed by atoms with Gasteiger partial charge in [0.2, 0.25) is 0 Å². The number of carbonyl (C=O) groups is 2. The van der Waals surface area contributed by atoms with Crippen LogP contribution in [0.2, 0.25) is 0 Å². The number of rotatable bonds is 8. The van der Waals surface area contributed by atoms with Crippen molar-refractivity contribution in [2.75, 3.05) is 19.0 Å². The Kier molecular flexibility index (Phi) is 7.94. The maximum absolute atomic E-state index is 12.9. The van der Waals surface area contributed by atoms with Crippen LogP contribution >= 0.6 is 39.9 Å². The molecule has 2 aromatic carbocycles. The van der Waals surface area contributed by atoms with Gasteiger partial charge in [0.05, 0.1) is 29.3 Å². The number of nitrogens with zero attached hydrogens (tertiary/aromatic N) is 1. The molecule has 0 atom stereocenters. The van der Waals surface area contributed by atoms with Crippen LogP contribution in [0.25, 0.3) is 6.08 Å². The van der Waals surface area contributed by atoms with Crippen molar-refractivity contribution in [2.24, 2.45) is 0 Å². The van der Waals surface area contributed by atoms with E-state index in [-0.39, 0.29) is 25.0 Å². The molecule has 4 rings (SSSR count). The summed E-state index contributed by atoms with van der Waals surface area (Å²) in [5.41, 5.74) is 2.51. The Balaban J connectivity index is 1.46. The van der Waals surface area contributed by atoms with E-state index in [1.54, 1.807) is 36.6 Å². The zero-order valence-electron chi connectivity index (χ0n) is 18.9. The Labute approximate surface area is 220 Å². The topological polar surface area (TPSA) is 81.0 Å². The van der Waals surface area contributed by atoms with E-state index in [0.717, 1.165) is 5.56 Å². The van der Waals surface area contributed by atoms with Gasteiger partial charge in [-0.15, -0.1) is 0 Å². The van der Waals surface area contributed by atoms with Gasteiger partial charge in [-0.1, -0.05) is 41.7 Å². The number of ether oxygens (including phenoxy) is 2. The zero-order chi connectivity index (χ0) is 24.9. The lowest BCUT2D eigenvalue weighted by molar-refractivity contribution is -0.122. The van der Waals surface area contributed by atoms with Gasteiger partial charge >= 0.3 is 0 Å². The van der Waals surface area contributed by atoms with Crippen molar-refractivity contribution in [2.45, 2.75) is 13.5 Å². The lowest BCUT2D eigenvalue weighted by Gasteiger charge is -2.14. The molecule has 7 nitrogen and oxygen atoms in total. The van der Waals surface area contributed by atoms with E-state index in [0.29, 0.717) is 42.2 Å². The van der Waals surface area contributed by atoms with E-state index in [2.05, 4.69) is 21.2 Å². The molecule has 0 aliphatic carbocycles. The van der Waals surface area contributed by atoms with E-state index >= 15 is 0 Å². The lowest BCUT2D eigenvalue weighted by atomic mass is 10.2. The first-order valence-corrected chi connectivity index (χ1v) is 12.5. The van der Waals surface area contributed by atoms with Gasteiger partial charge in [0.1, 0.15) is 10.1 Å². The van der Waals surface area contributed by atoms with Crippen LogP contribution in [0, 0.1) is 6.92 Å². The van der Waals surface area contributed by atoms with Crippen LogP contribution in [0.5, 0.6) is 11.5 Å². The summed E-state index contributed by atoms with van der Waals surface area (Å²) in [6.45, 7) is 2.05. The Bertz CT molecular complexity index is 1290. The molecule has 1 saturated heterocycles. The van der Waals surface area contributed by atoms with Crippen LogP contribution in [0.15, 0.2) is 68.6 Å². The fourth-order valence-corrected chi connectivity index (χ4v) is 5.11. The van der Waals surface area contributed by atoms with Crippen LogP contribution in [0.4, 0.5) is 5.69 Å². The van der Waals surface area contributed by atoms with Crippen molar-refractivity contribution in [1.29, 1.82) is 0 Å². The number of aryl methyl sites for hydroxylation is 1. The molecule has 0 bridgehead atoms. The standard InChI is InChI=1S/C25H21BrN2O5S2/c1-15-5-7-17(8-6-15)27-22(29)14-33-23-19(26)10-16(11-20(23)31-2)12-21-24(30)28(25(34)35-21)13-18-4-3-9-32-18/h3-12H,13-14H2,1-2H3,(H,27,29)/b21-12-. The van der Waals surface area contributed by atoms with Crippen molar-refractivity contribution in [3.63, 3.8) is 0 Å². The van der Waals surface area contributed by atoms with Gasteiger partial charge in [0.25, 0.3) is 11.8 Å². The minimum atomic E-state index is -0.299. The first-order valence-electron chi connectivity index (χ1n) is 10.5. The highest BCUT2D eigenvalue weighted by Crippen LogP contribution is 2.39. The fourth-order valence-electron chi connectivity index (χ4n) is 3.28. The molecule has 3 aromatic rings. The maximum Gasteiger partial charge on any atom is 0.266 e. The van der Waals surface area contributed by atoms with Crippen molar-refractivity contribution in [3.8, 4) is 11.5 Å². The van der Waals surface area contributed by atoms with Gasteiger partial charge in [-0.05, 0) is 70.9 Å². The number of hydrogen-bond acceptors (Lipinski definition) is 7. The molecule has 180 valence electrons. The predicted molar refractivity (Wildman–Crippen MR) is 143 cm³/mol. The first-order chi connectivity index (χ1) is 16.8. The Morgan fingerprint density at radius 1 is 1.26 bits per heavy atom. The van der Waals surface area contributed by atoms with Gasteiger partial charge in [-0.3, -0.25) is 14.5 Å². The number of anilines is 1. The van der Waals surface area contributed by atoms with E-state index in [4.69, 9.17) is 26.1 Å². The molecule has 10 heteroatoms. The number of amides is 2. The van der Waals surface area contributed by atoms with E-state index in [9.17, 15) is 9.59 Å². The molecule has 35 heavy (non-hydrogen) atoms. The third-order valence-corrected chi connectivity index (χ3v) is 6.97. The minimum absolute atomic E-state index is 0.195. The molecule has 2 heterocycles. The SMILES string of the molecule is COc1cc(/C=C2\SC(=S)N(Cc3ccco3)C2=O)cc(Br)c1OCC(=O)Nc1ccc(C)cc1. The van der Waals surface area contributed by atoms with Crippen molar-refractivity contribution in [3.05, 3.63) is 81.1 Å². The molecule has 1 aromatic heterocycles. The summed E-state index contributed by atoms with van der Waals surface area (Å²) in [5, 5.41) is 2.79. The Hall–Kier alpha value is -3.08. The zero-order valence-corrected chi connectivity index (χ0v) is 22.1. The van der Waals surface area contributed by atoms with Crippen molar-refractivity contribution < 1.29 is 23.5 Å². The number of thioether (sulfide) groups is 1. The summed E-state index contributed by atoms with van der Waals surface area (Å²) in [6, 6.07) is 14.6. The molecule has 0 spiro atoms. The number of methoxy groups -OCH3 is 1. The average molecular weight is 573 g/mol. The van der Waals surface area contributed by atoms with Crippen molar-refractivity contribution >= 4 is 67.8 Å². The molecular formula is C25H21BrN2O5S2. The minimum Gasteiger partial charge on any atom is -0.493 e. The van der Waals surface area contributed by atoms with Crippen LogP contribution < -0.4 is 14.8 Å². The second kappa shape index (κ2) is 11.1. The molecule has 2 amide bonds. The number of nitrogens with one attached hydrogen (secondary N) is 1. The third-order valence-electron chi connectivity index (χ3n) is 5.00. The predicted octanol–water partition coefficient (Wildman–Crippen LogP) is 5.78. The lowest BCUT2D eigenvalue weighted by Crippen LogP contribution is -2.27. The monoisotopic (exact) mass is 572 g/mol. The van der Waals surface area contributed by atoms with E-state index in [1.807, 2.05) is 31.2 Å². The molecule has 0 radical (unpaired) electrons. The van der Waals surface area contributed by atoms with Crippen LogP contribution in [0.3, 0.4) is 0 Å². The second-order valence-corrected chi connectivity index (χ2v) is 10.1. The molecule has 0 saturated carbocycles. The van der Waals surface area contributed by atoms with Gasteiger partial charge in [-0.2, -0.15) is 0 Å². The molecular weight excluding hydrogens is 552 g/mol. The average Bonchev–Trinajstić information content (AvgIpc) is 3.43. The summed E-state index contributed by atoms with van der Waals surface area (Å²) in [5.74, 6) is 0.959. The quantitative estimate of drug-likeness (QED) is 0.270. The third kappa shape index (κ3) is 6.14. The molecule has 1 aliphatic rings. The molecule has 1 fully saturated rings. The Morgan fingerprint density at radius 3 is 2.71 bits per heavy atom. The first kappa shape index (κ1) is 25.0. The van der Waals surface area contributed by atoms with Gasteiger partial charge in [-0.25, -0.2) is 0 Å². The van der Waals surface area contributed by atoms with Crippen LogP contribution in [0.1, 0.15) is 16.9 Å². The highest BCUT2D eigenvalue weighted by atomic mass is 79.9. The maximum atomic E-state index is 12.9. The van der Waals surface area contributed by atoms with Crippen LogP contribution in [-0.4, -0.2) is 34.8 Å². The highest BCUT2D eigenvalue weighted by Gasteiger charge is 2.32. The highest BCUT2D eigenvalue weighted by molar-refractivity contribution is 9.10. The summed E-state index contributed by atoms with van der Waals surface area (Å²) in [6.07, 6.45) is 3.30. The van der Waals surface area contributed by atoms with E-state index < -0.39 is 0 Å².